The van der Waals surface area contributed by atoms with E-state index in [1.54, 1.807) is 7.05 Å². The molecule has 0 spiro atoms. The minimum atomic E-state index is -0.0394. The van der Waals surface area contributed by atoms with Gasteiger partial charge in [0.1, 0.15) is 0 Å². The highest BCUT2D eigenvalue weighted by atomic mass is 16.3. The molecule has 0 aromatic heterocycles. The Morgan fingerprint density at radius 3 is 2.57 bits per heavy atom. The Labute approximate surface area is 42.4 Å². The normalized spacial score (nSPS) is 6.57. The van der Waals surface area contributed by atoms with Gasteiger partial charge in [-0.05, 0) is 0 Å². The second-order valence-electron chi connectivity index (χ2n) is 0.934. The number of aliphatic hydroxyl groups is 1. The topological polar surface area (TPSA) is 44.6 Å². The van der Waals surface area contributed by atoms with Crippen LogP contribution in [0.1, 0.15) is 0 Å². The summed E-state index contributed by atoms with van der Waals surface area (Å²) < 4.78 is 0. The summed E-state index contributed by atoms with van der Waals surface area (Å²) in [6.07, 6.45) is 0. The van der Waals surface area contributed by atoms with E-state index in [-0.39, 0.29) is 5.88 Å². The monoisotopic (exact) mass is 100 g/mol. The van der Waals surface area contributed by atoms with Crippen LogP contribution in [0, 0.1) is 0 Å². The van der Waals surface area contributed by atoms with Crippen molar-refractivity contribution in [3.05, 3.63) is 5.88 Å². The second kappa shape index (κ2) is 3.25. The van der Waals surface area contributed by atoms with E-state index in [1.807, 2.05) is 0 Å². The van der Waals surface area contributed by atoms with Gasteiger partial charge < -0.3 is 10.4 Å². The van der Waals surface area contributed by atoms with Crippen molar-refractivity contribution >= 4 is 5.87 Å². The molecule has 0 aliphatic heterocycles. The summed E-state index contributed by atoms with van der Waals surface area (Å²) in [4.78, 5) is 3.41. The van der Waals surface area contributed by atoms with Gasteiger partial charge in [-0.1, -0.05) is 0 Å². The van der Waals surface area contributed by atoms with Crippen molar-refractivity contribution in [1.82, 2.24) is 5.32 Å². The average Bonchev–Trinajstić information content (AvgIpc) is 1.68. The molecule has 0 bridgehead atoms. The summed E-state index contributed by atoms with van der Waals surface area (Å²) >= 11 is 0. The van der Waals surface area contributed by atoms with Crippen molar-refractivity contribution in [3.63, 3.8) is 0 Å². The number of aliphatic hydroxyl groups excluding tert-OH is 1. The van der Waals surface area contributed by atoms with Gasteiger partial charge in [0, 0.05) is 20.0 Å². The van der Waals surface area contributed by atoms with Crippen LogP contribution in [-0.2, 0) is 0 Å². The lowest BCUT2D eigenvalue weighted by Crippen LogP contribution is -2.04. The van der Waals surface area contributed by atoms with Crippen molar-refractivity contribution in [2.24, 2.45) is 4.99 Å². The van der Waals surface area contributed by atoms with E-state index < -0.39 is 0 Å². The zero-order valence-corrected chi connectivity index (χ0v) is 4.39. The zero-order chi connectivity index (χ0) is 5.70. The number of rotatable bonds is 1. The lowest BCUT2D eigenvalue weighted by atomic mass is 10.9. The maximum atomic E-state index is 8.46. The minimum Gasteiger partial charge on any atom is -0.488 e. The Morgan fingerprint density at radius 2 is 2.43 bits per heavy atom. The molecule has 3 nitrogen and oxygen atoms in total. The Morgan fingerprint density at radius 1 is 1.86 bits per heavy atom. The van der Waals surface area contributed by atoms with Crippen molar-refractivity contribution in [3.8, 4) is 0 Å². The molecule has 0 aromatic rings. The number of aliphatic imine (C=N–C) groups is 1. The van der Waals surface area contributed by atoms with E-state index >= 15 is 0 Å². The molecule has 0 aliphatic rings. The van der Waals surface area contributed by atoms with E-state index in [2.05, 4.69) is 16.2 Å². The maximum absolute atomic E-state index is 8.46. The van der Waals surface area contributed by atoms with E-state index in [9.17, 15) is 0 Å². The first-order valence-electron chi connectivity index (χ1n) is 1.89. The highest BCUT2D eigenvalue weighted by molar-refractivity contribution is 5.53. The largest absolute Gasteiger partial charge is 0.488 e. The summed E-state index contributed by atoms with van der Waals surface area (Å²) in [5.41, 5.74) is 0. The van der Waals surface area contributed by atoms with Gasteiger partial charge in [0.2, 0.25) is 5.88 Å². The third-order valence-electron chi connectivity index (χ3n) is 0.455. The van der Waals surface area contributed by atoms with Crippen molar-refractivity contribution in [2.75, 3.05) is 14.1 Å². The van der Waals surface area contributed by atoms with Crippen molar-refractivity contribution in [1.29, 1.82) is 0 Å². The molecule has 0 atom stereocenters. The van der Waals surface area contributed by atoms with Gasteiger partial charge in [-0.25, -0.2) is 4.99 Å². The molecule has 3 heteroatoms. The Bertz CT molecular complexity index is 102. The molecule has 0 rings (SSSR count). The quantitative estimate of drug-likeness (QED) is 0.357. The Balaban J connectivity index is 3.74. The first-order valence-corrected chi connectivity index (χ1v) is 1.89. The molecule has 2 N–H and O–H groups in total. The molecular weight excluding hydrogens is 92.1 g/mol. The SMILES string of the molecule is CN=C=C(O)NC. The van der Waals surface area contributed by atoms with E-state index in [4.69, 9.17) is 5.11 Å². The molecule has 0 saturated heterocycles. The first-order chi connectivity index (χ1) is 3.31. The van der Waals surface area contributed by atoms with Gasteiger partial charge in [0.15, 0.2) is 0 Å². The van der Waals surface area contributed by atoms with Crippen LogP contribution in [0.4, 0.5) is 0 Å². The summed E-state index contributed by atoms with van der Waals surface area (Å²) in [5, 5.41) is 10.9. The van der Waals surface area contributed by atoms with Gasteiger partial charge in [0.25, 0.3) is 0 Å². The first kappa shape index (κ1) is 6.05. The molecule has 0 unspecified atom stereocenters. The zero-order valence-electron chi connectivity index (χ0n) is 4.39. The average molecular weight is 100 g/mol. The third kappa shape index (κ3) is 2.86. The maximum Gasteiger partial charge on any atom is 0.249 e. The predicted octanol–water partition coefficient (Wildman–Crippen LogP) is -0.0953. The van der Waals surface area contributed by atoms with Crippen LogP contribution in [0.3, 0.4) is 0 Å². The van der Waals surface area contributed by atoms with Crippen LogP contribution in [0.15, 0.2) is 10.9 Å². The fourth-order valence-corrected chi connectivity index (χ4v) is 0.162. The van der Waals surface area contributed by atoms with Gasteiger partial charge in [-0.3, -0.25) is 0 Å². The predicted molar refractivity (Wildman–Crippen MR) is 28.6 cm³/mol. The highest BCUT2D eigenvalue weighted by Crippen LogP contribution is 1.62. The smallest absolute Gasteiger partial charge is 0.249 e. The molecule has 0 aliphatic carbocycles. The minimum absolute atomic E-state index is 0.0394. The van der Waals surface area contributed by atoms with Crippen LogP contribution in [0.25, 0.3) is 0 Å². The molecule has 0 aromatic carbocycles. The summed E-state index contributed by atoms with van der Waals surface area (Å²) in [5.74, 6) is 2.24. The fourth-order valence-electron chi connectivity index (χ4n) is 0.162. The van der Waals surface area contributed by atoms with Crippen LogP contribution in [0.5, 0.6) is 0 Å². The molecule has 40 valence electrons. The fraction of sp³-hybridized carbons (Fsp3) is 0.500. The second-order valence-corrected chi connectivity index (χ2v) is 0.934. The number of hydrogen-bond acceptors (Lipinski definition) is 3. The van der Waals surface area contributed by atoms with Gasteiger partial charge in [0.05, 0.1) is 0 Å². The van der Waals surface area contributed by atoms with Gasteiger partial charge in [-0.15, -0.1) is 0 Å². The molecule has 0 fully saturated rings. The number of hydrogen-bond donors (Lipinski definition) is 2. The van der Waals surface area contributed by atoms with Gasteiger partial charge in [-0.2, -0.15) is 0 Å². The molecule has 0 radical (unpaired) electrons. The standard InChI is InChI=1S/C4H8N2O/c1-5-3-4(7)6-2/h6-7H,1-2H3. The van der Waals surface area contributed by atoms with Crippen molar-refractivity contribution < 1.29 is 5.11 Å². The molecular formula is C4H8N2O. The molecule has 7 heavy (non-hydrogen) atoms. The van der Waals surface area contributed by atoms with Gasteiger partial charge >= 0.3 is 0 Å². The number of nitrogens with zero attached hydrogens (tertiary/aromatic N) is 1. The van der Waals surface area contributed by atoms with Crippen LogP contribution >= 0.6 is 0 Å². The summed E-state index contributed by atoms with van der Waals surface area (Å²) in [6, 6.07) is 0. The van der Waals surface area contributed by atoms with Crippen LogP contribution in [-0.4, -0.2) is 25.1 Å². The van der Waals surface area contributed by atoms with Crippen molar-refractivity contribution in [2.45, 2.75) is 0 Å². The van der Waals surface area contributed by atoms with Crippen LogP contribution in [0.2, 0.25) is 0 Å². The lowest BCUT2D eigenvalue weighted by molar-refractivity contribution is 0.386. The molecule has 0 amide bonds. The Kier molecular flexibility index (Phi) is 2.81. The highest BCUT2D eigenvalue weighted by Gasteiger charge is 1.74. The number of nitrogens with one attached hydrogen (secondary N) is 1. The third-order valence-corrected chi connectivity index (χ3v) is 0.455. The van der Waals surface area contributed by atoms with E-state index in [0.29, 0.717) is 0 Å². The van der Waals surface area contributed by atoms with E-state index in [0.717, 1.165) is 0 Å². The molecule has 0 heterocycles. The Hall–Kier alpha value is -0.950. The van der Waals surface area contributed by atoms with Crippen LogP contribution < -0.4 is 5.32 Å². The van der Waals surface area contributed by atoms with E-state index in [1.165, 1.54) is 7.05 Å². The lowest BCUT2D eigenvalue weighted by Gasteiger charge is -1.86. The summed E-state index contributed by atoms with van der Waals surface area (Å²) in [6.45, 7) is 0. The summed E-state index contributed by atoms with van der Waals surface area (Å²) in [7, 11) is 3.13. The molecule has 0 saturated carbocycles.